The average Bonchev–Trinajstić information content (AvgIpc) is 2.66. The first kappa shape index (κ1) is 20.6. The van der Waals surface area contributed by atoms with Gasteiger partial charge in [-0.3, -0.25) is 9.79 Å². The van der Waals surface area contributed by atoms with Gasteiger partial charge in [-0.25, -0.2) is 0 Å². The van der Waals surface area contributed by atoms with Crippen LogP contribution in [-0.2, 0) is 17.8 Å². The van der Waals surface area contributed by atoms with Gasteiger partial charge in [0, 0.05) is 32.2 Å². The van der Waals surface area contributed by atoms with Crippen molar-refractivity contribution in [2.24, 2.45) is 10.7 Å². The van der Waals surface area contributed by atoms with Gasteiger partial charge in [0.2, 0.25) is 0 Å². The van der Waals surface area contributed by atoms with Crippen LogP contribution in [0.4, 0.5) is 0 Å². The zero-order chi connectivity index (χ0) is 19.6. The van der Waals surface area contributed by atoms with E-state index in [1.807, 2.05) is 55.6 Å². The van der Waals surface area contributed by atoms with Gasteiger partial charge in [0.1, 0.15) is 5.75 Å². The Bertz CT molecular complexity index is 761. The second kappa shape index (κ2) is 10.4. The molecule has 6 nitrogen and oxygen atoms in total. The Hall–Kier alpha value is -2.73. The van der Waals surface area contributed by atoms with Crippen molar-refractivity contribution in [1.82, 2.24) is 10.2 Å². The quantitative estimate of drug-likeness (QED) is 0.537. The molecule has 3 N–H and O–H groups in total. The normalized spacial score (nSPS) is 11.1. The van der Waals surface area contributed by atoms with E-state index in [2.05, 4.69) is 15.2 Å². The molecule has 0 aliphatic heterocycles. The molecule has 0 saturated heterocycles. The van der Waals surface area contributed by atoms with E-state index in [1.54, 1.807) is 7.05 Å². The molecular weight excluding hydrogens is 364 g/mol. The Kier molecular flexibility index (Phi) is 7.95. The molecule has 2 aromatic rings. The lowest BCUT2D eigenvalue weighted by molar-refractivity contribution is -0.119. The highest BCUT2D eigenvalue weighted by Crippen LogP contribution is 2.13. The van der Waals surface area contributed by atoms with Crippen molar-refractivity contribution in [1.29, 1.82) is 0 Å². The number of guanidine groups is 1. The minimum Gasteiger partial charge on any atom is -0.484 e. The minimum absolute atomic E-state index is 0.114. The van der Waals surface area contributed by atoms with E-state index in [-0.39, 0.29) is 6.61 Å². The molecule has 0 unspecified atom stereocenters. The topological polar surface area (TPSA) is 80.0 Å². The highest BCUT2D eigenvalue weighted by atomic mass is 35.5. The largest absolute Gasteiger partial charge is 0.484 e. The molecule has 2 rings (SSSR count). The van der Waals surface area contributed by atoms with Crippen molar-refractivity contribution in [3.63, 3.8) is 0 Å². The maximum Gasteiger partial charge on any atom is 0.255 e. The molecular formula is C20H25ClN4O2. The van der Waals surface area contributed by atoms with Gasteiger partial charge in [-0.15, -0.1) is 0 Å². The predicted octanol–water partition coefficient (Wildman–Crippen LogP) is 2.45. The van der Waals surface area contributed by atoms with Crippen LogP contribution in [0.25, 0.3) is 0 Å². The van der Waals surface area contributed by atoms with Crippen LogP contribution in [0.5, 0.6) is 5.75 Å². The molecule has 0 aromatic heterocycles. The number of aliphatic imine (C=N–C) groups is 1. The predicted molar refractivity (Wildman–Crippen MR) is 109 cm³/mol. The van der Waals surface area contributed by atoms with E-state index >= 15 is 0 Å². The molecule has 0 spiro atoms. The number of nitrogens with zero attached hydrogens (tertiary/aromatic N) is 2. The summed E-state index contributed by atoms with van der Waals surface area (Å²) in [6.07, 6.45) is 0.837. The SMILES string of the molecule is CN=C(NCCc1ccc(OCC(N)=O)cc1)N(C)Cc1ccc(Cl)cc1. The van der Waals surface area contributed by atoms with E-state index < -0.39 is 5.91 Å². The molecule has 0 bridgehead atoms. The fourth-order valence-electron chi connectivity index (χ4n) is 2.55. The molecule has 0 fully saturated rings. The molecule has 2 aromatic carbocycles. The Balaban J connectivity index is 1.80. The number of rotatable bonds is 8. The summed E-state index contributed by atoms with van der Waals surface area (Å²) < 4.78 is 5.25. The molecule has 0 atom stereocenters. The van der Waals surface area contributed by atoms with E-state index in [4.69, 9.17) is 22.1 Å². The molecule has 1 amide bonds. The molecule has 7 heteroatoms. The highest BCUT2D eigenvalue weighted by molar-refractivity contribution is 6.30. The van der Waals surface area contributed by atoms with Crippen LogP contribution in [-0.4, -0.2) is 44.0 Å². The van der Waals surface area contributed by atoms with Crippen molar-refractivity contribution >= 4 is 23.5 Å². The van der Waals surface area contributed by atoms with Crippen LogP contribution in [0.1, 0.15) is 11.1 Å². The first-order valence-electron chi connectivity index (χ1n) is 8.64. The highest BCUT2D eigenvalue weighted by Gasteiger charge is 2.06. The number of hydrogen-bond donors (Lipinski definition) is 2. The van der Waals surface area contributed by atoms with Crippen LogP contribution >= 0.6 is 11.6 Å². The molecule has 0 heterocycles. The minimum atomic E-state index is -0.489. The fraction of sp³-hybridized carbons (Fsp3) is 0.300. The number of benzene rings is 2. The van der Waals surface area contributed by atoms with Gasteiger partial charge in [-0.05, 0) is 41.8 Å². The maximum atomic E-state index is 10.7. The summed E-state index contributed by atoms with van der Waals surface area (Å²) in [5.74, 6) is 0.966. The third-order valence-corrected chi connectivity index (χ3v) is 4.16. The molecule has 0 aliphatic carbocycles. The number of carbonyl (C=O) groups is 1. The number of ether oxygens (including phenoxy) is 1. The number of halogens is 1. The number of nitrogens with one attached hydrogen (secondary N) is 1. The van der Waals surface area contributed by atoms with Gasteiger partial charge in [0.05, 0.1) is 0 Å². The summed E-state index contributed by atoms with van der Waals surface area (Å²) >= 11 is 5.93. The van der Waals surface area contributed by atoms with Gasteiger partial charge in [0.25, 0.3) is 5.91 Å². The Morgan fingerprint density at radius 3 is 2.37 bits per heavy atom. The number of carbonyl (C=O) groups excluding carboxylic acids is 1. The summed E-state index contributed by atoms with van der Waals surface area (Å²) in [5, 5.41) is 4.09. The van der Waals surface area contributed by atoms with Crippen LogP contribution in [0.2, 0.25) is 5.02 Å². The zero-order valence-electron chi connectivity index (χ0n) is 15.6. The third kappa shape index (κ3) is 7.19. The van der Waals surface area contributed by atoms with Crippen molar-refractivity contribution in [2.45, 2.75) is 13.0 Å². The first-order chi connectivity index (χ1) is 13.0. The standard InChI is InChI=1S/C20H25ClN4O2/c1-23-20(25(2)13-16-3-7-17(21)8-4-16)24-12-11-15-5-9-18(10-6-15)27-14-19(22)26/h3-10H,11-14H2,1-2H3,(H2,22,26)(H,23,24). The maximum absolute atomic E-state index is 10.7. The number of primary amides is 1. The van der Waals surface area contributed by atoms with E-state index in [1.165, 1.54) is 0 Å². The second-order valence-electron chi connectivity index (χ2n) is 6.11. The summed E-state index contributed by atoms with van der Waals surface area (Å²) in [7, 11) is 3.76. The Morgan fingerprint density at radius 1 is 1.15 bits per heavy atom. The molecule has 0 saturated carbocycles. The lowest BCUT2D eigenvalue weighted by Gasteiger charge is -2.22. The van der Waals surface area contributed by atoms with Crippen LogP contribution < -0.4 is 15.8 Å². The zero-order valence-corrected chi connectivity index (χ0v) is 16.4. The number of amides is 1. The van der Waals surface area contributed by atoms with E-state index in [0.717, 1.165) is 41.6 Å². The van der Waals surface area contributed by atoms with Crippen LogP contribution in [0.15, 0.2) is 53.5 Å². The second-order valence-corrected chi connectivity index (χ2v) is 6.54. The third-order valence-electron chi connectivity index (χ3n) is 3.91. The molecule has 144 valence electrons. The van der Waals surface area contributed by atoms with Crippen LogP contribution in [0.3, 0.4) is 0 Å². The van der Waals surface area contributed by atoms with Gasteiger partial charge < -0.3 is 20.7 Å². The van der Waals surface area contributed by atoms with Crippen molar-refractivity contribution in [2.75, 3.05) is 27.2 Å². The van der Waals surface area contributed by atoms with E-state index in [9.17, 15) is 4.79 Å². The Morgan fingerprint density at radius 2 is 1.78 bits per heavy atom. The van der Waals surface area contributed by atoms with Gasteiger partial charge >= 0.3 is 0 Å². The lowest BCUT2D eigenvalue weighted by Crippen LogP contribution is -2.39. The summed E-state index contributed by atoms with van der Waals surface area (Å²) in [4.78, 5) is 17.1. The molecule has 27 heavy (non-hydrogen) atoms. The number of nitrogens with two attached hydrogens (primary N) is 1. The molecule has 0 aliphatic rings. The fourth-order valence-corrected chi connectivity index (χ4v) is 2.67. The van der Waals surface area contributed by atoms with Crippen molar-refractivity contribution < 1.29 is 9.53 Å². The summed E-state index contributed by atoms with van der Waals surface area (Å²) in [6, 6.07) is 15.4. The average molecular weight is 389 g/mol. The Labute approximate surface area is 165 Å². The monoisotopic (exact) mass is 388 g/mol. The van der Waals surface area contributed by atoms with Gasteiger partial charge in [-0.2, -0.15) is 0 Å². The number of hydrogen-bond acceptors (Lipinski definition) is 3. The van der Waals surface area contributed by atoms with Gasteiger partial charge in [-0.1, -0.05) is 35.9 Å². The first-order valence-corrected chi connectivity index (χ1v) is 9.02. The molecule has 0 radical (unpaired) electrons. The summed E-state index contributed by atoms with van der Waals surface area (Å²) in [5.41, 5.74) is 7.38. The van der Waals surface area contributed by atoms with Crippen molar-refractivity contribution in [3.05, 3.63) is 64.7 Å². The van der Waals surface area contributed by atoms with Crippen LogP contribution in [0, 0.1) is 0 Å². The summed E-state index contributed by atoms with van der Waals surface area (Å²) in [6.45, 7) is 1.37. The van der Waals surface area contributed by atoms with Crippen molar-refractivity contribution in [3.8, 4) is 5.75 Å². The van der Waals surface area contributed by atoms with E-state index in [0.29, 0.717) is 5.75 Å². The smallest absolute Gasteiger partial charge is 0.255 e. The van der Waals surface area contributed by atoms with Gasteiger partial charge in [0.15, 0.2) is 12.6 Å². The lowest BCUT2D eigenvalue weighted by atomic mass is 10.1.